The van der Waals surface area contributed by atoms with Crippen molar-refractivity contribution >= 4 is 39.1 Å². The standard InChI is InChI=1S/C25H24ClN3O4S/c26-22-11-4-5-12-23(22)29(17-18-7-2-1-3-8-18)34(32,33)21-10-6-9-19(15-21)25(31)27-16-24(30)28-20-13-14-20/h1-12,15,20H,13-14,16-17H2,(H,27,31)(H,28,30). The molecular weight excluding hydrogens is 474 g/mol. The number of nitrogens with one attached hydrogen (secondary N) is 2. The lowest BCUT2D eigenvalue weighted by molar-refractivity contribution is -0.120. The number of hydrogen-bond donors (Lipinski definition) is 2. The van der Waals surface area contributed by atoms with Gasteiger partial charge in [-0.1, -0.05) is 60.1 Å². The predicted molar refractivity (Wildman–Crippen MR) is 131 cm³/mol. The number of amides is 2. The van der Waals surface area contributed by atoms with E-state index >= 15 is 0 Å². The van der Waals surface area contributed by atoms with E-state index in [1.54, 1.807) is 24.3 Å². The fourth-order valence-corrected chi connectivity index (χ4v) is 5.20. The van der Waals surface area contributed by atoms with Gasteiger partial charge in [-0.3, -0.25) is 13.9 Å². The summed E-state index contributed by atoms with van der Waals surface area (Å²) >= 11 is 6.36. The summed E-state index contributed by atoms with van der Waals surface area (Å²) in [6.07, 6.45) is 1.90. The number of nitrogens with zero attached hydrogens (tertiary/aromatic N) is 1. The van der Waals surface area contributed by atoms with E-state index in [4.69, 9.17) is 11.6 Å². The highest BCUT2D eigenvalue weighted by atomic mass is 35.5. The molecule has 1 saturated carbocycles. The second kappa shape index (κ2) is 10.3. The van der Waals surface area contributed by atoms with Gasteiger partial charge in [0, 0.05) is 11.6 Å². The van der Waals surface area contributed by atoms with Crippen LogP contribution in [-0.2, 0) is 21.4 Å². The topological polar surface area (TPSA) is 95.6 Å². The zero-order valence-corrected chi connectivity index (χ0v) is 19.9. The smallest absolute Gasteiger partial charge is 0.264 e. The lowest BCUT2D eigenvalue weighted by Gasteiger charge is -2.26. The zero-order chi connectivity index (χ0) is 24.1. The summed E-state index contributed by atoms with van der Waals surface area (Å²) in [7, 11) is -4.08. The van der Waals surface area contributed by atoms with E-state index in [0.29, 0.717) is 5.69 Å². The van der Waals surface area contributed by atoms with Crippen molar-refractivity contribution < 1.29 is 18.0 Å². The number of carbonyl (C=O) groups excluding carboxylic acids is 2. The number of benzene rings is 3. The van der Waals surface area contributed by atoms with Crippen LogP contribution in [0.4, 0.5) is 5.69 Å². The van der Waals surface area contributed by atoms with Gasteiger partial charge in [0.05, 0.1) is 28.7 Å². The summed E-state index contributed by atoms with van der Waals surface area (Å²) in [6, 6.07) is 21.8. The molecule has 1 aliphatic carbocycles. The number of hydrogen-bond acceptors (Lipinski definition) is 4. The normalized spacial score (nSPS) is 13.2. The van der Waals surface area contributed by atoms with Crippen molar-refractivity contribution in [2.24, 2.45) is 0 Å². The number of carbonyl (C=O) groups is 2. The van der Waals surface area contributed by atoms with Gasteiger partial charge in [-0.25, -0.2) is 8.42 Å². The molecule has 0 radical (unpaired) electrons. The van der Waals surface area contributed by atoms with Crippen molar-refractivity contribution in [1.29, 1.82) is 0 Å². The molecule has 7 nitrogen and oxygen atoms in total. The van der Waals surface area contributed by atoms with E-state index in [1.807, 2.05) is 30.3 Å². The Balaban J connectivity index is 1.60. The summed E-state index contributed by atoms with van der Waals surface area (Å²) in [4.78, 5) is 24.4. The molecule has 0 spiro atoms. The van der Waals surface area contributed by atoms with Gasteiger partial charge in [0.2, 0.25) is 5.91 Å². The molecule has 0 aliphatic heterocycles. The first kappa shape index (κ1) is 23.8. The Hall–Kier alpha value is -3.36. The molecule has 4 rings (SSSR count). The highest BCUT2D eigenvalue weighted by Crippen LogP contribution is 2.32. The zero-order valence-electron chi connectivity index (χ0n) is 18.3. The SMILES string of the molecule is O=C(CNC(=O)c1cccc(S(=O)(=O)N(Cc2ccccc2)c2ccccc2Cl)c1)NC1CC1. The van der Waals surface area contributed by atoms with E-state index in [9.17, 15) is 18.0 Å². The summed E-state index contributed by atoms with van der Waals surface area (Å²) in [6.45, 7) is -0.114. The molecule has 0 saturated heterocycles. The van der Waals surface area contributed by atoms with Crippen molar-refractivity contribution in [3.63, 3.8) is 0 Å². The van der Waals surface area contributed by atoms with Crippen LogP contribution in [0.3, 0.4) is 0 Å². The molecule has 0 bridgehead atoms. The molecule has 2 amide bonds. The number of halogens is 1. The second-order valence-electron chi connectivity index (χ2n) is 8.00. The van der Waals surface area contributed by atoms with Gasteiger partial charge in [0.1, 0.15) is 0 Å². The first-order valence-corrected chi connectivity index (χ1v) is 12.7. The van der Waals surface area contributed by atoms with Gasteiger partial charge < -0.3 is 10.6 Å². The quantitative estimate of drug-likeness (QED) is 0.470. The van der Waals surface area contributed by atoms with E-state index in [0.717, 1.165) is 18.4 Å². The van der Waals surface area contributed by atoms with Crippen LogP contribution in [0.5, 0.6) is 0 Å². The van der Waals surface area contributed by atoms with Gasteiger partial charge in [-0.05, 0) is 48.7 Å². The van der Waals surface area contributed by atoms with Crippen LogP contribution in [0.15, 0.2) is 83.8 Å². The predicted octanol–water partition coefficient (Wildman–Crippen LogP) is 3.74. The fraction of sp³-hybridized carbons (Fsp3) is 0.200. The molecule has 0 aromatic heterocycles. The molecule has 0 unspecified atom stereocenters. The number of rotatable bonds is 9. The minimum absolute atomic E-state index is 0.0570. The molecule has 1 fully saturated rings. The van der Waals surface area contributed by atoms with Crippen LogP contribution in [0.2, 0.25) is 5.02 Å². The van der Waals surface area contributed by atoms with E-state index in [2.05, 4.69) is 10.6 Å². The first-order chi connectivity index (χ1) is 16.3. The second-order valence-corrected chi connectivity index (χ2v) is 10.3. The van der Waals surface area contributed by atoms with Crippen molar-refractivity contribution in [1.82, 2.24) is 10.6 Å². The molecule has 176 valence electrons. The molecule has 9 heteroatoms. The Morgan fingerprint density at radius 1 is 0.941 bits per heavy atom. The fourth-order valence-electron chi connectivity index (χ4n) is 3.40. The molecule has 0 heterocycles. The first-order valence-electron chi connectivity index (χ1n) is 10.8. The minimum Gasteiger partial charge on any atom is -0.352 e. The lowest BCUT2D eigenvalue weighted by Crippen LogP contribution is -2.38. The van der Waals surface area contributed by atoms with Gasteiger partial charge >= 0.3 is 0 Å². The average Bonchev–Trinajstić information content (AvgIpc) is 3.66. The number of sulfonamides is 1. The summed E-state index contributed by atoms with van der Waals surface area (Å²) in [5.41, 5.74) is 1.25. The van der Waals surface area contributed by atoms with Gasteiger partial charge in [0.15, 0.2) is 0 Å². The van der Waals surface area contributed by atoms with Gasteiger partial charge in [0.25, 0.3) is 15.9 Å². The van der Waals surface area contributed by atoms with Crippen molar-refractivity contribution in [3.8, 4) is 0 Å². The Morgan fingerprint density at radius 3 is 2.35 bits per heavy atom. The molecule has 3 aromatic rings. The Kier molecular flexibility index (Phi) is 7.19. The maximum atomic E-state index is 13.7. The lowest BCUT2D eigenvalue weighted by atomic mass is 10.2. The monoisotopic (exact) mass is 497 g/mol. The third kappa shape index (κ3) is 5.76. The Bertz CT molecular complexity index is 1290. The third-order valence-electron chi connectivity index (χ3n) is 5.33. The van der Waals surface area contributed by atoms with E-state index in [1.165, 1.54) is 28.6 Å². The van der Waals surface area contributed by atoms with E-state index in [-0.39, 0.29) is 40.5 Å². The van der Waals surface area contributed by atoms with Crippen LogP contribution >= 0.6 is 11.6 Å². The molecule has 2 N–H and O–H groups in total. The maximum absolute atomic E-state index is 13.7. The molecule has 34 heavy (non-hydrogen) atoms. The van der Waals surface area contributed by atoms with Crippen LogP contribution in [0.1, 0.15) is 28.8 Å². The number of anilines is 1. The highest BCUT2D eigenvalue weighted by molar-refractivity contribution is 7.92. The van der Waals surface area contributed by atoms with Crippen LogP contribution < -0.4 is 14.9 Å². The summed E-state index contributed by atoms with van der Waals surface area (Å²) in [5, 5.41) is 5.62. The summed E-state index contributed by atoms with van der Waals surface area (Å²) in [5.74, 6) is -0.803. The minimum atomic E-state index is -4.08. The van der Waals surface area contributed by atoms with Crippen molar-refractivity contribution in [3.05, 3.63) is 95.0 Å². The van der Waals surface area contributed by atoms with Crippen LogP contribution in [0, 0.1) is 0 Å². The Morgan fingerprint density at radius 2 is 1.65 bits per heavy atom. The van der Waals surface area contributed by atoms with Crippen molar-refractivity contribution in [2.45, 2.75) is 30.3 Å². The molecule has 0 atom stereocenters. The van der Waals surface area contributed by atoms with Gasteiger partial charge in [-0.15, -0.1) is 0 Å². The van der Waals surface area contributed by atoms with Crippen LogP contribution in [0.25, 0.3) is 0 Å². The van der Waals surface area contributed by atoms with Crippen LogP contribution in [-0.4, -0.2) is 32.8 Å². The van der Waals surface area contributed by atoms with Gasteiger partial charge in [-0.2, -0.15) is 0 Å². The summed E-state index contributed by atoms with van der Waals surface area (Å²) < 4.78 is 28.7. The molecular formula is C25H24ClN3O4S. The molecule has 1 aliphatic rings. The number of para-hydroxylation sites is 1. The third-order valence-corrected chi connectivity index (χ3v) is 7.40. The maximum Gasteiger partial charge on any atom is 0.264 e. The highest BCUT2D eigenvalue weighted by Gasteiger charge is 2.28. The molecule has 3 aromatic carbocycles. The van der Waals surface area contributed by atoms with E-state index < -0.39 is 15.9 Å². The van der Waals surface area contributed by atoms with Crippen molar-refractivity contribution in [2.75, 3.05) is 10.8 Å². The average molecular weight is 498 g/mol. The Labute approximate surface area is 203 Å². The largest absolute Gasteiger partial charge is 0.352 e.